The molecule has 0 spiro atoms. The summed E-state index contributed by atoms with van der Waals surface area (Å²) in [4.78, 5) is 15.8. The Hall–Kier alpha value is -2.86. The summed E-state index contributed by atoms with van der Waals surface area (Å²) in [6.07, 6.45) is 1.77. The number of carbonyl (C=O) groups is 1. The fourth-order valence-corrected chi connectivity index (χ4v) is 3.88. The van der Waals surface area contributed by atoms with Crippen molar-refractivity contribution in [2.24, 2.45) is 5.10 Å². The highest BCUT2D eigenvalue weighted by molar-refractivity contribution is 8.00. The highest BCUT2D eigenvalue weighted by Crippen LogP contribution is 2.34. The molecule has 0 saturated heterocycles. The molecule has 0 N–H and O–H groups in total. The van der Waals surface area contributed by atoms with Crippen LogP contribution in [0.5, 0.6) is 0 Å². The van der Waals surface area contributed by atoms with Crippen molar-refractivity contribution < 1.29 is 9.90 Å². The van der Waals surface area contributed by atoms with Crippen molar-refractivity contribution in [3.63, 3.8) is 0 Å². The van der Waals surface area contributed by atoms with Gasteiger partial charge in [-0.25, -0.2) is 9.66 Å². The predicted molar refractivity (Wildman–Crippen MR) is 95.3 cm³/mol. The molecule has 124 valence electrons. The number of benzene rings is 2. The molecule has 1 aliphatic rings. The Balaban J connectivity index is 1.77. The number of carbonyl (C=O) groups excluding carboxylic acids is 1. The highest BCUT2D eigenvalue weighted by Gasteiger charge is 2.27. The fourth-order valence-electron chi connectivity index (χ4n) is 2.76. The SMILES string of the molecule is O=C([O-])C[C@@H]1Sc2nc(-c3ccccc3)cn2N=C1c1ccccc1. The molecule has 0 saturated carbocycles. The maximum atomic E-state index is 11.2. The molecule has 2 heterocycles. The molecule has 0 bridgehead atoms. The van der Waals surface area contributed by atoms with Crippen LogP contribution >= 0.6 is 11.8 Å². The van der Waals surface area contributed by atoms with Gasteiger partial charge in [0.05, 0.1) is 22.9 Å². The van der Waals surface area contributed by atoms with Crippen LogP contribution in [0.2, 0.25) is 0 Å². The topological polar surface area (TPSA) is 70.3 Å². The fraction of sp³-hybridized carbons (Fsp3) is 0.105. The van der Waals surface area contributed by atoms with Gasteiger partial charge in [0, 0.05) is 18.0 Å². The Morgan fingerprint density at radius 3 is 2.32 bits per heavy atom. The Labute approximate surface area is 149 Å². The molecule has 1 aromatic heterocycles. The van der Waals surface area contributed by atoms with E-state index in [0.29, 0.717) is 5.16 Å². The molecule has 5 nitrogen and oxygen atoms in total. The lowest BCUT2D eigenvalue weighted by Gasteiger charge is -2.23. The Bertz CT molecular complexity index is 936. The van der Waals surface area contributed by atoms with Crippen LogP contribution in [0.3, 0.4) is 0 Å². The van der Waals surface area contributed by atoms with Gasteiger partial charge in [0.1, 0.15) is 0 Å². The van der Waals surface area contributed by atoms with Crippen LogP contribution in [-0.2, 0) is 4.79 Å². The van der Waals surface area contributed by atoms with E-state index in [-0.39, 0.29) is 11.7 Å². The summed E-state index contributed by atoms with van der Waals surface area (Å²) < 4.78 is 1.72. The Kier molecular flexibility index (Phi) is 4.11. The van der Waals surface area contributed by atoms with Crippen LogP contribution in [0.15, 0.2) is 77.1 Å². The number of imidazole rings is 1. The van der Waals surface area contributed by atoms with E-state index in [1.165, 1.54) is 11.8 Å². The molecule has 0 amide bonds. The van der Waals surface area contributed by atoms with E-state index >= 15 is 0 Å². The summed E-state index contributed by atoms with van der Waals surface area (Å²) >= 11 is 1.40. The lowest BCUT2D eigenvalue weighted by molar-refractivity contribution is -0.305. The second-order valence-corrected chi connectivity index (χ2v) is 6.82. The number of carboxylic acid groups (broad SMARTS) is 1. The van der Waals surface area contributed by atoms with Crippen molar-refractivity contribution in [2.75, 3.05) is 0 Å². The first-order valence-corrected chi connectivity index (χ1v) is 8.74. The third-order valence-corrected chi connectivity index (χ3v) is 5.08. The van der Waals surface area contributed by atoms with E-state index < -0.39 is 5.97 Å². The number of fused-ring (bicyclic) bond motifs is 1. The zero-order valence-electron chi connectivity index (χ0n) is 13.2. The van der Waals surface area contributed by atoms with Crippen molar-refractivity contribution in [3.8, 4) is 11.3 Å². The zero-order valence-corrected chi connectivity index (χ0v) is 14.0. The van der Waals surface area contributed by atoms with Gasteiger partial charge in [0.25, 0.3) is 0 Å². The molecule has 1 atom stereocenters. The van der Waals surface area contributed by atoms with E-state index in [4.69, 9.17) is 0 Å². The summed E-state index contributed by atoms with van der Waals surface area (Å²) in [5, 5.41) is 16.2. The molecule has 1 aliphatic heterocycles. The van der Waals surface area contributed by atoms with Gasteiger partial charge in [-0.1, -0.05) is 72.4 Å². The average Bonchev–Trinajstić information content (AvgIpc) is 3.05. The lowest BCUT2D eigenvalue weighted by atomic mass is 10.1. The van der Waals surface area contributed by atoms with Crippen LogP contribution in [0.4, 0.5) is 0 Å². The molecule has 2 aromatic carbocycles. The minimum absolute atomic E-state index is 0.105. The van der Waals surface area contributed by atoms with Crippen LogP contribution in [0.1, 0.15) is 12.0 Å². The largest absolute Gasteiger partial charge is 0.550 e. The maximum Gasteiger partial charge on any atom is 0.190 e. The summed E-state index contributed by atoms with van der Waals surface area (Å²) in [5.41, 5.74) is 3.44. The van der Waals surface area contributed by atoms with Crippen LogP contribution < -0.4 is 5.11 Å². The minimum Gasteiger partial charge on any atom is -0.550 e. The number of carboxylic acids is 1. The van der Waals surface area contributed by atoms with E-state index in [1.807, 2.05) is 66.9 Å². The number of thioether (sulfide) groups is 1. The van der Waals surface area contributed by atoms with Crippen LogP contribution in [0.25, 0.3) is 11.3 Å². The van der Waals surface area contributed by atoms with Gasteiger partial charge >= 0.3 is 0 Å². The zero-order chi connectivity index (χ0) is 17.2. The number of nitrogens with zero attached hydrogens (tertiary/aromatic N) is 3. The van der Waals surface area contributed by atoms with Crippen LogP contribution in [-0.4, -0.2) is 26.6 Å². The molecule has 25 heavy (non-hydrogen) atoms. The maximum absolute atomic E-state index is 11.2. The smallest absolute Gasteiger partial charge is 0.190 e. The van der Waals surface area contributed by atoms with Crippen molar-refractivity contribution >= 4 is 23.4 Å². The van der Waals surface area contributed by atoms with Gasteiger partial charge in [0.15, 0.2) is 5.16 Å². The van der Waals surface area contributed by atoms with E-state index in [1.54, 1.807) is 4.68 Å². The van der Waals surface area contributed by atoms with Gasteiger partial charge in [-0.15, -0.1) is 0 Å². The first-order valence-electron chi connectivity index (χ1n) is 7.86. The third-order valence-electron chi connectivity index (χ3n) is 3.92. The van der Waals surface area contributed by atoms with E-state index in [9.17, 15) is 9.90 Å². The summed E-state index contributed by atoms with van der Waals surface area (Å²) in [6, 6.07) is 19.5. The number of rotatable bonds is 4. The second-order valence-electron chi connectivity index (χ2n) is 5.65. The van der Waals surface area contributed by atoms with Crippen molar-refractivity contribution in [1.82, 2.24) is 9.66 Å². The van der Waals surface area contributed by atoms with Crippen molar-refractivity contribution in [2.45, 2.75) is 16.8 Å². The van der Waals surface area contributed by atoms with Crippen molar-refractivity contribution in [1.29, 1.82) is 0 Å². The second kappa shape index (κ2) is 6.57. The van der Waals surface area contributed by atoms with Gasteiger partial charge in [-0.3, -0.25) is 0 Å². The standard InChI is InChI=1S/C19H15N3O2S/c23-17(24)11-16-18(14-9-5-2-6-10-14)21-22-12-15(20-19(22)25-16)13-7-3-1-4-8-13/h1-10,12,16H,11H2,(H,23,24)/p-1/t16-/m0/s1. The summed E-state index contributed by atoms with van der Waals surface area (Å²) in [5.74, 6) is -1.09. The molecule has 0 fully saturated rings. The molecular formula is C19H14N3O2S-. The van der Waals surface area contributed by atoms with Gasteiger partial charge in [-0.05, 0) is 5.56 Å². The number of aliphatic carboxylic acids is 1. The quantitative estimate of drug-likeness (QED) is 0.726. The molecular weight excluding hydrogens is 334 g/mol. The Morgan fingerprint density at radius 1 is 1.04 bits per heavy atom. The number of hydrogen-bond donors (Lipinski definition) is 0. The molecule has 0 unspecified atom stereocenters. The monoisotopic (exact) mass is 348 g/mol. The summed E-state index contributed by atoms with van der Waals surface area (Å²) in [7, 11) is 0. The third kappa shape index (κ3) is 3.21. The Morgan fingerprint density at radius 2 is 1.68 bits per heavy atom. The first kappa shape index (κ1) is 15.7. The molecule has 6 heteroatoms. The number of aromatic nitrogens is 2. The van der Waals surface area contributed by atoms with E-state index in [0.717, 1.165) is 22.5 Å². The normalized spacial score (nSPS) is 16.2. The lowest BCUT2D eigenvalue weighted by Crippen LogP contribution is -2.32. The predicted octanol–water partition coefficient (Wildman–Crippen LogP) is 2.42. The number of hydrogen-bond acceptors (Lipinski definition) is 5. The average molecular weight is 348 g/mol. The van der Waals surface area contributed by atoms with Gasteiger partial charge in [0.2, 0.25) is 0 Å². The molecule has 4 rings (SSSR count). The summed E-state index contributed by atoms with van der Waals surface area (Å²) in [6.45, 7) is 0. The highest BCUT2D eigenvalue weighted by atomic mass is 32.2. The van der Waals surface area contributed by atoms with Crippen LogP contribution in [0, 0.1) is 0 Å². The molecule has 0 aliphatic carbocycles. The van der Waals surface area contributed by atoms with Crippen molar-refractivity contribution in [3.05, 3.63) is 72.4 Å². The van der Waals surface area contributed by atoms with E-state index in [2.05, 4.69) is 10.1 Å². The molecule has 3 aromatic rings. The first-order chi connectivity index (χ1) is 12.2. The molecule has 0 radical (unpaired) electrons. The van der Waals surface area contributed by atoms with Gasteiger partial charge < -0.3 is 9.90 Å². The van der Waals surface area contributed by atoms with Gasteiger partial charge in [-0.2, -0.15) is 5.10 Å². The minimum atomic E-state index is -1.09.